The summed E-state index contributed by atoms with van der Waals surface area (Å²) in [7, 11) is 0. The largest absolute Gasteiger partial charge is 0.493 e. The van der Waals surface area contributed by atoms with Crippen LogP contribution in [0.1, 0.15) is 31.4 Å². The molecule has 1 aromatic rings. The van der Waals surface area contributed by atoms with Gasteiger partial charge in [0.25, 0.3) is 0 Å². The van der Waals surface area contributed by atoms with E-state index in [1.165, 1.54) is 11.3 Å². The molecule has 0 spiro atoms. The Morgan fingerprint density at radius 1 is 1.53 bits per heavy atom. The van der Waals surface area contributed by atoms with E-state index >= 15 is 0 Å². The molecule has 106 valence electrons. The molecular weight excluding hydrogens is 322 g/mol. The third-order valence-electron chi connectivity index (χ3n) is 3.41. The minimum Gasteiger partial charge on any atom is -0.493 e. The van der Waals surface area contributed by atoms with E-state index in [2.05, 4.69) is 52.6 Å². The van der Waals surface area contributed by atoms with E-state index in [1.54, 1.807) is 0 Å². The Morgan fingerprint density at radius 2 is 2.37 bits per heavy atom. The van der Waals surface area contributed by atoms with Crippen LogP contribution in [0.5, 0.6) is 5.75 Å². The van der Waals surface area contributed by atoms with E-state index in [0.717, 1.165) is 36.2 Å². The number of fused-ring (bicyclic) bond motifs is 1. The number of ether oxygens (including phenoxy) is 1. The highest BCUT2D eigenvalue weighted by Gasteiger charge is 2.20. The molecule has 1 aromatic carbocycles. The monoisotopic (exact) mass is 343 g/mol. The van der Waals surface area contributed by atoms with Crippen LogP contribution in [-0.4, -0.2) is 25.2 Å². The highest BCUT2D eigenvalue weighted by Crippen LogP contribution is 2.33. The fourth-order valence-corrected chi connectivity index (χ4v) is 3.47. The number of halogens is 1. The Bertz CT molecular complexity index is 413. The van der Waals surface area contributed by atoms with Crippen molar-refractivity contribution in [2.45, 2.75) is 25.8 Å². The SMILES string of the molecule is CSCC(C)CNC1CCCOc2cc(Br)ccc21. The summed E-state index contributed by atoms with van der Waals surface area (Å²) in [6, 6.07) is 6.80. The molecule has 0 amide bonds. The topological polar surface area (TPSA) is 21.3 Å². The number of hydrogen-bond acceptors (Lipinski definition) is 3. The second-order valence-corrected chi connectivity index (χ2v) is 7.02. The zero-order valence-corrected chi connectivity index (χ0v) is 14.0. The first-order valence-electron chi connectivity index (χ1n) is 6.85. The first-order chi connectivity index (χ1) is 9.20. The van der Waals surface area contributed by atoms with Gasteiger partial charge in [0, 0.05) is 16.1 Å². The van der Waals surface area contributed by atoms with E-state index in [-0.39, 0.29) is 0 Å². The molecule has 2 nitrogen and oxygen atoms in total. The number of hydrogen-bond donors (Lipinski definition) is 1. The predicted octanol–water partition coefficient (Wildman–Crippen LogP) is 4.25. The Morgan fingerprint density at radius 3 is 3.16 bits per heavy atom. The summed E-state index contributed by atoms with van der Waals surface area (Å²) in [5.74, 6) is 2.95. The van der Waals surface area contributed by atoms with Gasteiger partial charge in [0.2, 0.25) is 0 Å². The third-order valence-corrected chi connectivity index (χ3v) is 4.81. The van der Waals surface area contributed by atoms with Crippen molar-refractivity contribution in [3.63, 3.8) is 0 Å². The summed E-state index contributed by atoms with van der Waals surface area (Å²) in [6.45, 7) is 4.20. The van der Waals surface area contributed by atoms with Gasteiger partial charge in [-0.25, -0.2) is 0 Å². The highest BCUT2D eigenvalue weighted by molar-refractivity contribution is 9.10. The van der Waals surface area contributed by atoms with Crippen LogP contribution in [0.25, 0.3) is 0 Å². The summed E-state index contributed by atoms with van der Waals surface area (Å²) < 4.78 is 6.93. The molecule has 1 N–H and O–H groups in total. The molecule has 0 aliphatic carbocycles. The van der Waals surface area contributed by atoms with Crippen molar-refractivity contribution in [2.24, 2.45) is 5.92 Å². The fraction of sp³-hybridized carbons (Fsp3) is 0.600. The van der Waals surface area contributed by atoms with Crippen molar-refractivity contribution in [3.8, 4) is 5.75 Å². The van der Waals surface area contributed by atoms with E-state index in [1.807, 2.05) is 11.8 Å². The molecule has 2 atom stereocenters. The Hall–Kier alpha value is -0.190. The molecule has 19 heavy (non-hydrogen) atoms. The van der Waals surface area contributed by atoms with Gasteiger partial charge >= 0.3 is 0 Å². The molecule has 0 saturated heterocycles. The van der Waals surface area contributed by atoms with E-state index in [0.29, 0.717) is 12.0 Å². The van der Waals surface area contributed by atoms with Crippen LogP contribution in [0.4, 0.5) is 0 Å². The van der Waals surface area contributed by atoms with Crippen LogP contribution < -0.4 is 10.1 Å². The van der Waals surface area contributed by atoms with Gasteiger partial charge in [0.15, 0.2) is 0 Å². The lowest BCUT2D eigenvalue weighted by Gasteiger charge is -2.21. The molecular formula is C15H22BrNOS. The first kappa shape index (κ1) is 15.2. The van der Waals surface area contributed by atoms with Crippen LogP contribution >= 0.6 is 27.7 Å². The van der Waals surface area contributed by atoms with Gasteiger partial charge in [-0.3, -0.25) is 0 Å². The third kappa shape index (κ3) is 4.40. The summed E-state index contributed by atoms with van der Waals surface area (Å²) in [4.78, 5) is 0. The molecule has 1 aliphatic heterocycles. The van der Waals surface area contributed by atoms with Gasteiger partial charge in [0.05, 0.1) is 6.61 Å². The van der Waals surface area contributed by atoms with Crippen molar-refractivity contribution >= 4 is 27.7 Å². The van der Waals surface area contributed by atoms with Crippen LogP contribution in [0.2, 0.25) is 0 Å². The average molecular weight is 344 g/mol. The molecule has 2 rings (SSSR count). The van der Waals surface area contributed by atoms with Gasteiger partial charge in [0.1, 0.15) is 5.75 Å². The number of nitrogens with one attached hydrogen (secondary N) is 1. The minimum atomic E-state index is 0.426. The molecule has 1 aliphatic rings. The zero-order valence-electron chi connectivity index (χ0n) is 11.6. The smallest absolute Gasteiger partial charge is 0.125 e. The summed E-state index contributed by atoms with van der Waals surface area (Å²) >= 11 is 5.43. The second kappa shape index (κ2) is 7.55. The van der Waals surface area contributed by atoms with Crippen molar-refractivity contribution in [3.05, 3.63) is 28.2 Å². The summed E-state index contributed by atoms with van der Waals surface area (Å²) in [5, 5.41) is 3.71. The molecule has 1 heterocycles. The van der Waals surface area contributed by atoms with Crippen LogP contribution in [0.3, 0.4) is 0 Å². The molecule has 0 bridgehead atoms. The second-order valence-electron chi connectivity index (χ2n) is 5.19. The summed E-state index contributed by atoms with van der Waals surface area (Å²) in [5.41, 5.74) is 1.30. The van der Waals surface area contributed by atoms with Gasteiger partial charge in [-0.05, 0) is 49.4 Å². The average Bonchev–Trinajstić information content (AvgIpc) is 2.58. The Labute approximate surface area is 128 Å². The van der Waals surface area contributed by atoms with Crippen molar-refractivity contribution in [2.75, 3.05) is 25.2 Å². The van der Waals surface area contributed by atoms with E-state index in [9.17, 15) is 0 Å². The van der Waals surface area contributed by atoms with Crippen LogP contribution in [0, 0.1) is 5.92 Å². The van der Waals surface area contributed by atoms with E-state index < -0.39 is 0 Å². The number of rotatable bonds is 5. The molecule has 0 fully saturated rings. The molecule has 2 unspecified atom stereocenters. The quantitative estimate of drug-likeness (QED) is 0.863. The minimum absolute atomic E-state index is 0.426. The first-order valence-corrected chi connectivity index (χ1v) is 9.04. The summed E-state index contributed by atoms with van der Waals surface area (Å²) in [6.07, 6.45) is 4.43. The van der Waals surface area contributed by atoms with Crippen molar-refractivity contribution < 1.29 is 4.74 Å². The van der Waals surface area contributed by atoms with Gasteiger partial charge in [-0.1, -0.05) is 28.9 Å². The zero-order chi connectivity index (χ0) is 13.7. The maximum absolute atomic E-state index is 5.84. The molecule has 4 heteroatoms. The Kier molecular flexibility index (Phi) is 6.05. The number of benzene rings is 1. The van der Waals surface area contributed by atoms with Gasteiger partial charge in [-0.15, -0.1) is 0 Å². The van der Waals surface area contributed by atoms with Crippen molar-refractivity contribution in [1.29, 1.82) is 0 Å². The fourth-order valence-electron chi connectivity index (χ4n) is 2.45. The lowest BCUT2D eigenvalue weighted by Crippen LogP contribution is -2.27. The molecule has 0 radical (unpaired) electrons. The normalized spacial score (nSPS) is 20.3. The standard InChI is InChI=1S/C15H22BrNOS/c1-11(10-19-2)9-17-14-4-3-7-18-15-8-12(16)5-6-13(14)15/h5-6,8,11,14,17H,3-4,7,9-10H2,1-2H3. The number of thioether (sulfide) groups is 1. The molecule has 0 aromatic heterocycles. The Balaban J connectivity index is 2.05. The maximum atomic E-state index is 5.84. The van der Waals surface area contributed by atoms with Gasteiger partial charge < -0.3 is 10.1 Å². The predicted molar refractivity (Wildman–Crippen MR) is 87.2 cm³/mol. The maximum Gasteiger partial charge on any atom is 0.125 e. The van der Waals surface area contributed by atoms with Crippen molar-refractivity contribution in [1.82, 2.24) is 5.32 Å². The van der Waals surface area contributed by atoms with Crippen LogP contribution in [0.15, 0.2) is 22.7 Å². The van der Waals surface area contributed by atoms with E-state index in [4.69, 9.17) is 4.74 Å². The van der Waals surface area contributed by atoms with Crippen LogP contribution in [-0.2, 0) is 0 Å². The lowest BCUT2D eigenvalue weighted by molar-refractivity contribution is 0.314. The lowest BCUT2D eigenvalue weighted by atomic mass is 10.0. The van der Waals surface area contributed by atoms with Gasteiger partial charge in [-0.2, -0.15) is 11.8 Å². The highest BCUT2D eigenvalue weighted by atomic mass is 79.9. The molecule has 0 saturated carbocycles.